The second kappa shape index (κ2) is 7.83. The van der Waals surface area contributed by atoms with E-state index in [2.05, 4.69) is 21.2 Å². The molecule has 0 aromatic heterocycles. The molecule has 2 aliphatic heterocycles. The smallest absolute Gasteiger partial charge is 0.229 e. The molecule has 2 atom stereocenters. The zero-order valence-electron chi connectivity index (χ0n) is 15.5. The molecule has 2 amide bonds. The van der Waals surface area contributed by atoms with Crippen LogP contribution in [0.25, 0.3) is 0 Å². The van der Waals surface area contributed by atoms with Gasteiger partial charge in [-0.25, -0.2) is 0 Å². The predicted molar refractivity (Wildman–Crippen MR) is 108 cm³/mol. The number of anilines is 1. The van der Waals surface area contributed by atoms with Crippen molar-refractivity contribution < 1.29 is 19.1 Å². The first-order valence-corrected chi connectivity index (χ1v) is 10.1. The van der Waals surface area contributed by atoms with Crippen LogP contribution < -0.4 is 14.8 Å². The molecule has 0 bridgehead atoms. The van der Waals surface area contributed by atoms with Gasteiger partial charge in [-0.1, -0.05) is 30.3 Å². The Morgan fingerprint density at radius 1 is 1.18 bits per heavy atom. The molecule has 1 fully saturated rings. The zero-order chi connectivity index (χ0) is 19.7. The van der Waals surface area contributed by atoms with E-state index in [1.807, 2.05) is 37.3 Å². The zero-order valence-corrected chi connectivity index (χ0v) is 17.1. The molecule has 1 N–H and O–H groups in total. The van der Waals surface area contributed by atoms with Crippen LogP contribution in [-0.4, -0.2) is 36.5 Å². The lowest BCUT2D eigenvalue weighted by atomic mass is 10.1. The Morgan fingerprint density at radius 2 is 1.86 bits per heavy atom. The molecule has 0 aliphatic carbocycles. The number of amides is 2. The van der Waals surface area contributed by atoms with Gasteiger partial charge in [0.25, 0.3) is 0 Å². The van der Waals surface area contributed by atoms with Crippen molar-refractivity contribution >= 4 is 33.4 Å². The third kappa shape index (κ3) is 3.71. The van der Waals surface area contributed by atoms with Gasteiger partial charge in [-0.2, -0.15) is 0 Å². The summed E-state index contributed by atoms with van der Waals surface area (Å²) in [5.74, 6) is 0.687. The van der Waals surface area contributed by atoms with Gasteiger partial charge in [0.15, 0.2) is 11.5 Å². The number of likely N-dealkylation sites (tertiary alicyclic amines) is 1. The molecule has 7 heteroatoms. The number of carbonyl (C=O) groups is 2. The lowest BCUT2D eigenvalue weighted by Crippen LogP contribution is -2.30. The first-order valence-electron chi connectivity index (χ1n) is 9.27. The number of nitrogens with zero attached hydrogens (tertiary/aromatic N) is 1. The van der Waals surface area contributed by atoms with Crippen LogP contribution >= 0.6 is 15.9 Å². The van der Waals surface area contributed by atoms with Crippen molar-refractivity contribution in [2.24, 2.45) is 5.92 Å². The number of hydrogen-bond donors (Lipinski definition) is 1. The molecule has 0 saturated carbocycles. The van der Waals surface area contributed by atoms with E-state index in [-0.39, 0.29) is 24.3 Å². The Labute approximate surface area is 171 Å². The van der Waals surface area contributed by atoms with Gasteiger partial charge in [0.05, 0.1) is 17.6 Å². The molecule has 4 rings (SSSR count). The minimum atomic E-state index is -0.390. The number of nitrogens with one attached hydrogen (secondary N) is 1. The number of carbonyl (C=O) groups excluding carboxylic acids is 2. The van der Waals surface area contributed by atoms with Crippen LogP contribution in [0.1, 0.15) is 24.9 Å². The fourth-order valence-corrected chi connectivity index (χ4v) is 4.01. The number of fused-ring (bicyclic) bond motifs is 1. The average Bonchev–Trinajstić information content (AvgIpc) is 3.10. The van der Waals surface area contributed by atoms with Crippen LogP contribution in [0.3, 0.4) is 0 Å². The molecule has 146 valence electrons. The second-order valence-electron chi connectivity index (χ2n) is 7.00. The number of rotatable bonds is 4. The Morgan fingerprint density at radius 3 is 2.57 bits per heavy atom. The first kappa shape index (κ1) is 18.8. The maximum atomic E-state index is 12.8. The summed E-state index contributed by atoms with van der Waals surface area (Å²) in [7, 11) is 0. The summed E-state index contributed by atoms with van der Waals surface area (Å²) in [5, 5.41) is 2.92. The van der Waals surface area contributed by atoms with E-state index in [0.717, 1.165) is 5.56 Å². The average molecular weight is 445 g/mol. The number of benzene rings is 2. The van der Waals surface area contributed by atoms with Crippen molar-refractivity contribution in [3.05, 3.63) is 52.5 Å². The van der Waals surface area contributed by atoms with E-state index in [4.69, 9.17) is 9.47 Å². The van der Waals surface area contributed by atoms with E-state index in [1.165, 1.54) is 0 Å². The van der Waals surface area contributed by atoms with Crippen molar-refractivity contribution in [1.82, 2.24) is 4.90 Å². The van der Waals surface area contributed by atoms with E-state index in [1.54, 1.807) is 17.0 Å². The molecule has 0 radical (unpaired) electrons. The third-order valence-electron chi connectivity index (χ3n) is 5.17. The number of halogens is 1. The summed E-state index contributed by atoms with van der Waals surface area (Å²) in [4.78, 5) is 27.1. The highest BCUT2D eigenvalue weighted by Gasteiger charge is 2.37. The Hall–Kier alpha value is -2.54. The van der Waals surface area contributed by atoms with E-state index in [9.17, 15) is 9.59 Å². The van der Waals surface area contributed by atoms with Crippen molar-refractivity contribution in [2.45, 2.75) is 19.4 Å². The predicted octanol–water partition coefficient (Wildman–Crippen LogP) is 3.77. The van der Waals surface area contributed by atoms with Crippen LogP contribution in [0.2, 0.25) is 0 Å². The second-order valence-corrected chi connectivity index (χ2v) is 7.85. The van der Waals surface area contributed by atoms with Crippen LogP contribution in [0, 0.1) is 5.92 Å². The minimum Gasteiger partial charge on any atom is -0.486 e. The van der Waals surface area contributed by atoms with E-state index in [0.29, 0.717) is 41.4 Å². The van der Waals surface area contributed by atoms with Crippen LogP contribution in [0.15, 0.2) is 46.9 Å². The minimum absolute atomic E-state index is 0.00209. The topological polar surface area (TPSA) is 67.9 Å². The van der Waals surface area contributed by atoms with Gasteiger partial charge in [-0.3, -0.25) is 9.59 Å². The summed E-state index contributed by atoms with van der Waals surface area (Å²) in [5.41, 5.74) is 1.67. The fourth-order valence-electron chi connectivity index (χ4n) is 3.59. The molecule has 0 spiro atoms. The normalized spacial score (nSPS) is 19.4. The lowest BCUT2D eigenvalue weighted by molar-refractivity contribution is -0.129. The Balaban J connectivity index is 1.45. The summed E-state index contributed by atoms with van der Waals surface area (Å²) in [6.45, 7) is 3.38. The van der Waals surface area contributed by atoms with Crippen molar-refractivity contribution in [1.29, 1.82) is 0 Å². The molecular formula is C21H21BrN2O4. The number of hydrogen-bond acceptors (Lipinski definition) is 4. The molecule has 28 heavy (non-hydrogen) atoms. The SMILES string of the molecule is C[C@@H](c1ccccc1)N1C[C@@H](C(=O)Nc2cc3c(cc2Br)OCCO3)CC1=O. The lowest BCUT2D eigenvalue weighted by Gasteiger charge is -2.25. The van der Waals surface area contributed by atoms with Crippen molar-refractivity contribution in [3.63, 3.8) is 0 Å². The van der Waals surface area contributed by atoms with Gasteiger partial charge < -0.3 is 19.7 Å². The van der Waals surface area contributed by atoms with Gasteiger partial charge >= 0.3 is 0 Å². The van der Waals surface area contributed by atoms with Crippen LogP contribution in [0.5, 0.6) is 11.5 Å². The Kier molecular flexibility index (Phi) is 5.26. The fraction of sp³-hybridized carbons (Fsp3) is 0.333. The molecule has 6 nitrogen and oxygen atoms in total. The Bertz CT molecular complexity index is 903. The van der Waals surface area contributed by atoms with Gasteiger partial charge in [-0.15, -0.1) is 0 Å². The third-order valence-corrected chi connectivity index (χ3v) is 5.82. The van der Waals surface area contributed by atoms with Gasteiger partial charge in [0, 0.05) is 29.6 Å². The maximum absolute atomic E-state index is 12.8. The van der Waals surface area contributed by atoms with Crippen LogP contribution in [-0.2, 0) is 9.59 Å². The summed E-state index contributed by atoms with van der Waals surface area (Å²) in [6, 6.07) is 13.3. The molecule has 2 heterocycles. The molecule has 1 saturated heterocycles. The maximum Gasteiger partial charge on any atom is 0.229 e. The monoisotopic (exact) mass is 444 g/mol. The molecule has 2 aliphatic rings. The standard InChI is InChI=1S/C21H21BrN2O4/c1-13(14-5-3-2-4-6-14)24-12-15(9-20(24)25)21(26)23-17-11-19-18(10-16(17)22)27-7-8-28-19/h2-6,10-11,13,15H,7-9,12H2,1H3,(H,23,26)/t13-,15-/m0/s1. The largest absolute Gasteiger partial charge is 0.486 e. The highest BCUT2D eigenvalue weighted by Crippen LogP contribution is 2.38. The van der Waals surface area contributed by atoms with Gasteiger partial charge in [-0.05, 0) is 28.4 Å². The molecule has 2 aromatic rings. The molecule has 2 aromatic carbocycles. The van der Waals surface area contributed by atoms with Gasteiger partial charge in [0.2, 0.25) is 11.8 Å². The summed E-state index contributed by atoms with van der Waals surface area (Å²) >= 11 is 3.46. The molecular weight excluding hydrogens is 424 g/mol. The summed E-state index contributed by atoms with van der Waals surface area (Å²) in [6.07, 6.45) is 0.213. The number of ether oxygens (including phenoxy) is 2. The molecule has 0 unspecified atom stereocenters. The van der Waals surface area contributed by atoms with Crippen molar-refractivity contribution in [2.75, 3.05) is 25.1 Å². The quantitative estimate of drug-likeness (QED) is 0.778. The highest BCUT2D eigenvalue weighted by molar-refractivity contribution is 9.10. The van der Waals surface area contributed by atoms with Gasteiger partial charge in [0.1, 0.15) is 13.2 Å². The van der Waals surface area contributed by atoms with Crippen LogP contribution in [0.4, 0.5) is 5.69 Å². The first-order chi connectivity index (χ1) is 13.5. The highest BCUT2D eigenvalue weighted by atomic mass is 79.9. The summed E-state index contributed by atoms with van der Waals surface area (Å²) < 4.78 is 11.8. The van der Waals surface area contributed by atoms with Crippen molar-refractivity contribution in [3.8, 4) is 11.5 Å². The van der Waals surface area contributed by atoms with E-state index >= 15 is 0 Å². The van der Waals surface area contributed by atoms with E-state index < -0.39 is 5.92 Å².